The van der Waals surface area contributed by atoms with E-state index in [4.69, 9.17) is 0 Å². The van der Waals surface area contributed by atoms with Crippen LogP contribution in [0.3, 0.4) is 0 Å². The Morgan fingerprint density at radius 2 is 2.45 bits per heavy atom. The summed E-state index contributed by atoms with van der Waals surface area (Å²) in [6, 6.07) is 0.147. The third kappa shape index (κ3) is 2.03. The van der Waals surface area contributed by atoms with Gasteiger partial charge in [0, 0.05) is 6.42 Å². The fourth-order valence-corrected chi connectivity index (χ4v) is 1.54. The van der Waals surface area contributed by atoms with Crippen molar-refractivity contribution in [3.63, 3.8) is 0 Å². The molecule has 1 N–H and O–H groups in total. The summed E-state index contributed by atoms with van der Waals surface area (Å²) in [4.78, 5) is 11.3. The van der Waals surface area contributed by atoms with Gasteiger partial charge in [-0.15, -0.1) is 0 Å². The van der Waals surface area contributed by atoms with Gasteiger partial charge in [-0.05, 0) is 18.9 Å². The maximum absolute atomic E-state index is 11.3. The molecule has 0 spiro atoms. The Kier molecular flexibility index (Phi) is 3.06. The van der Waals surface area contributed by atoms with Crippen molar-refractivity contribution in [3.8, 4) is 0 Å². The topological polar surface area (TPSA) is 29.1 Å². The number of carbonyl (C=O) groups excluding carboxylic acids is 1. The molecule has 0 aromatic carbocycles. The van der Waals surface area contributed by atoms with Crippen LogP contribution in [0, 0.1) is 5.92 Å². The summed E-state index contributed by atoms with van der Waals surface area (Å²) in [5.74, 6) is 0.911. The lowest BCUT2D eigenvalue weighted by atomic mass is 9.91. The van der Waals surface area contributed by atoms with Gasteiger partial charge in [0.25, 0.3) is 0 Å². The zero-order valence-electron chi connectivity index (χ0n) is 7.39. The largest absolute Gasteiger partial charge is 0.307 e. The Balaban J connectivity index is 2.47. The number of nitrogens with one attached hydrogen (secondary N) is 1. The number of ketones is 1. The average Bonchev–Trinajstić information content (AvgIpc) is 2.04. The lowest BCUT2D eigenvalue weighted by Crippen LogP contribution is -2.45. The third-order valence-electron chi connectivity index (χ3n) is 2.52. The van der Waals surface area contributed by atoms with E-state index in [9.17, 15) is 4.79 Å². The third-order valence-corrected chi connectivity index (χ3v) is 2.52. The quantitative estimate of drug-likeness (QED) is 0.652. The second-order valence-electron chi connectivity index (χ2n) is 3.39. The molecule has 11 heavy (non-hydrogen) atoms. The van der Waals surface area contributed by atoms with Crippen LogP contribution in [-0.2, 0) is 4.79 Å². The fourth-order valence-electron chi connectivity index (χ4n) is 1.54. The number of Topliss-reactive ketones (excluding diaryl/α,β-unsaturated/α-hetero) is 1. The summed E-state index contributed by atoms with van der Waals surface area (Å²) in [5, 5.41) is 3.27. The lowest BCUT2D eigenvalue weighted by molar-refractivity contribution is -0.123. The zero-order chi connectivity index (χ0) is 8.27. The van der Waals surface area contributed by atoms with Crippen molar-refractivity contribution in [1.29, 1.82) is 0 Å². The highest BCUT2D eigenvalue weighted by atomic mass is 16.1. The predicted molar refractivity (Wildman–Crippen MR) is 45.5 cm³/mol. The molecule has 0 amide bonds. The van der Waals surface area contributed by atoms with Crippen molar-refractivity contribution in [1.82, 2.24) is 5.32 Å². The molecule has 0 bridgehead atoms. The molecule has 1 rings (SSSR count). The van der Waals surface area contributed by atoms with Crippen molar-refractivity contribution in [2.45, 2.75) is 39.2 Å². The molecular formula is C9H17NO. The van der Waals surface area contributed by atoms with E-state index in [1.165, 1.54) is 0 Å². The number of piperidine rings is 1. The molecule has 0 radical (unpaired) electrons. The van der Waals surface area contributed by atoms with Gasteiger partial charge in [0.15, 0.2) is 0 Å². The minimum absolute atomic E-state index is 0.147. The molecule has 1 aliphatic heterocycles. The lowest BCUT2D eigenvalue weighted by Gasteiger charge is -2.26. The minimum Gasteiger partial charge on any atom is -0.307 e. The number of carbonyl (C=O) groups is 1. The van der Waals surface area contributed by atoms with Crippen LogP contribution in [0.25, 0.3) is 0 Å². The van der Waals surface area contributed by atoms with E-state index < -0.39 is 0 Å². The fraction of sp³-hybridized carbons (Fsp3) is 0.889. The molecule has 0 aromatic heterocycles. The molecule has 2 heteroatoms. The molecule has 1 saturated heterocycles. The Hall–Kier alpha value is -0.370. The molecule has 0 unspecified atom stereocenters. The molecule has 1 fully saturated rings. The molecule has 64 valence electrons. The van der Waals surface area contributed by atoms with Gasteiger partial charge in [0.1, 0.15) is 5.78 Å². The summed E-state index contributed by atoms with van der Waals surface area (Å²) < 4.78 is 0. The highest BCUT2D eigenvalue weighted by molar-refractivity contribution is 5.84. The normalized spacial score (nSPS) is 28.5. The zero-order valence-corrected chi connectivity index (χ0v) is 7.39. The summed E-state index contributed by atoms with van der Waals surface area (Å²) in [7, 11) is 0. The van der Waals surface area contributed by atoms with E-state index in [1.807, 2.05) is 0 Å². The van der Waals surface area contributed by atoms with Crippen LogP contribution < -0.4 is 5.32 Å². The van der Waals surface area contributed by atoms with Gasteiger partial charge in [-0.2, -0.15) is 0 Å². The van der Waals surface area contributed by atoms with Gasteiger partial charge in [-0.1, -0.05) is 20.3 Å². The predicted octanol–water partition coefficient (Wildman–Crippen LogP) is 1.35. The number of hydrogen-bond donors (Lipinski definition) is 1. The van der Waals surface area contributed by atoms with Gasteiger partial charge in [0.05, 0.1) is 6.04 Å². The van der Waals surface area contributed by atoms with Crippen molar-refractivity contribution in [3.05, 3.63) is 0 Å². The first-order valence-corrected chi connectivity index (χ1v) is 4.51. The Morgan fingerprint density at radius 3 is 3.00 bits per heavy atom. The summed E-state index contributed by atoms with van der Waals surface area (Å²) in [6.07, 6.45) is 2.89. The summed E-state index contributed by atoms with van der Waals surface area (Å²) in [6.45, 7) is 5.29. The maximum Gasteiger partial charge on any atom is 0.150 e. The van der Waals surface area contributed by atoms with Crippen molar-refractivity contribution in [2.24, 2.45) is 5.92 Å². The van der Waals surface area contributed by atoms with Gasteiger partial charge in [-0.3, -0.25) is 4.79 Å². The number of hydrogen-bond acceptors (Lipinski definition) is 2. The van der Waals surface area contributed by atoms with Gasteiger partial charge in [-0.25, -0.2) is 0 Å². The molecule has 0 aromatic rings. The average molecular weight is 155 g/mol. The first-order valence-electron chi connectivity index (χ1n) is 4.51. The van der Waals surface area contributed by atoms with Crippen LogP contribution in [-0.4, -0.2) is 18.4 Å². The van der Waals surface area contributed by atoms with Crippen molar-refractivity contribution < 1.29 is 4.79 Å². The first-order chi connectivity index (χ1) is 5.25. The van der Waals surface area contributed by atoms with Crippen LogP contribution in [0.2, 0.25) is 0 Å². The van der Waals surface area contributed by atoms with Gasteiger partial charge >= 0.3 is 0 Å². The first kappa shape index (κ1) is 8.72. The van der Waals surface area contributed by atoms with E-state index in [0.29, 0.717) is 11.7 Å². The highest BCUT2D eigenvalue weighted by Crippen LogP contribution is 2.14. The van der Waals surface area contributed by atoms with Crippen LogP contribution in [0.5, 0.6) is 0 Å². The van der Waals surface area contributed by atoms with E-state index >= 15 is 0 Å². The Morgan fingerprint density at radius 1 is 1.73 bits per heavy atom. The molecule has 1 heterocycles. The van der Waals surface area contributed by atoms with Crippen LogP contribution >= 0.6 is 0 Å². The van der Waals surface area contributed by atoms with E-state index in [2.05, 4.69) is 19.2 Å². The summed E-state index contributed by atoms with van der Waals surface area (Å²) >= 11 is 0. The van der Waals surface area contributed by atoms with Crippen molar-refractivity contribution in [2.75, 3.05) is 6.54 Å². The molecule has 2 nitrogen and oxygen atoms in total. The highest BCUT2D eigenvalue weighted by Gasteiger charge is 2.25. The monoisotopic (exact) mass is 155 g/mol. The molecule has 0 saturated carbocycles. The van der Waals surface area contributed by atoms with Gasteiger partial charge < -0.3 is 5.32 Å². The molecule has 1 aliphatic rings. The second kappa shape index (κ2) is 3.86. The molecule has 0 aliphatic carbocycles. The Bertz CT molecular complexity index is 144. The van der Waals surface area contributed by atoms with E-state index in [0.717, 1.165) is 25.8 Å². The standard InChI is InChI=1S/C9H17NO/c1-3-7(2)9-8(11)5-4-6-10-9/h7,9-10H,3-6H2,1-2H3/t7-,9+/m1/s1. The molecular weight excluding hydrogens is 138 g/mol. The van der Waals surface area contributed by atoms with E-state index in [-0.39, 0.29) is 6.04 Å². The number of rotatable bonds is 2. The maximum atomic E-state index is 11.3. The molecule has 2 atom stereocenters. The smallest absolute Gasteiger partial charge is 0.150 e. The minimum atomic E-state index is 0.147. The SMILES string of the molecule is CC[C@@H](C)[C@@H]1NCCCC1=O. The Labute approximate surface area is 68.4 Å². The van der Waals surface area contributed by atoms with Crippen LogP contribution in [0.15, 0.2) is 0 Å². The summed E-state index contributed by atoms with van der Waals surface area (Å²) in [5.41, 5.74) is 0. The van der Waals surface area contributed by atoms with E-state index in [1.54, 1.807) is 0 Å². The second-order valence-corrected chi connectivity index (χ2v) is 3.39. The van der Waals surface area contributed by atoms with Gasteiger partial charge in [0.2, 0.25) is 0 Å². The van der Waals surface area contributed by atoms with Crippen LogP contribution in [0.1, 0.15) is 33.1 Å². The van der Waals surface area contributed by atoms with Crippen LogP contribution in [0.4, 0.5) is 0 Å². The van der Waals surface area contributed by atoms with Crippen molar-refractivity contribution >= 4 is 5.78 Å².